The fourth-order valence-corrected chi connectivity index (χ4v) is 2.51. The Balaban J connectivity index is 2.00. The molecule has 0 saturated heterocycles. The van der Waals surface area contributed by atoms with E-state index in [0.29, 0.717) is 18.8 Å². The maximum Gasteiger partial charge on any atom is 0.224 e. The quantitative estimate of drug-likeness (QED) is 0.879. The van der Waals surface area contributed by atoms with Crippen LogP contribution in [-0.2, 0) is 11.2 Å². The Hall–Kier alpha value is -2.10. The number of carbonyl (C=O) groups is 1. The van der Waals surface area contributed by atoms with Crippen LogP contribution < -0.4 is 5.32 Å². The maximum absolute atomic E-state index is 12.2. The van der Waals surface area contributed by atoms with E-state index in [-0.39, 0.29) is 5.91 Å². The van der Waals surface area contributed by atoms with Gasteiger partial charge in [-0.1, -0.05) is 32.0 Å². The topological polar surface area (TPSA) is 57.8 Å². The Labute approximate surface area is 126 Å². The van der Waals surface area contributed by atoms with Crippen LogP contribution in [0, 0.1) is 13.8 Å². The number of hydrogen-bond acceptors (Lipinski definition) is 2. The molecule has 0 fully saturated rings. The molecule has 0 spiro atoms. The average molecular weight is 285 g/mol. The number of carbonyl (C=O) groups excluding carboxylic acids is 1. The van der Waals surface area contributed by atoms with Crippen molar-refractivity contribution in [2.24, 2.45) is 0 Å². The van der Waals surface area contributed by atoms with E-state index in [2.05, 4.69) is 35.4 Å². The molecular weight excluding hydrogens is 262 g/mol. The first kappa shape index (κ1) is 15.3. The summed E-state index contributed by atoms with van der Waals surface area (Å²) in [6, 6.07) is 7.97. The lowest BCUT2D eigenvalue weighted by Crippen LogP contribution is -2.14. The minimum absolute atomic E-state index is 0.0445. The number of nitrogens with zero attached hydrogens (tertiary/aromatic N) is 1. The minimum atomic E-state index is 0.0445. The van der Waals surface area contributed by atoms with Crippen molar-refractivity contribution in [1.82, 2.24) is 10.2 Å². The van der Waals surface area contributed by atoms with Gasteiger partial charge in [0.05, 0.1) is 5.69 Å². The Morgan fingerprint density at radius 1 is 1.29 bits per heavy atom. The molecular formula is C17H23N3O. The molecule has 1 heterocycles. The van der Waals surface area contributed by atoms with E-state index in [1.54, 1.807) is 0 Å². The lowest BCUT2D eigenvalue weighted by atomic mass is 10.0. The monoisotopic (exact) mass is 285 g/mol. The summed E-state index contributed by atoms with van der Waals surface area (Å²) in [5.74, 6) is 0.433. The molecule has 1 aromatic heterocycles. The Morgan fingerprint density at radius 3 is 2.62 bits per heavy atom. The zero-order valence-electron chi connectivity index (χ0n) is 13.2. The van der Waals surface area contributed by atoms with Crippen LogP contribution in [0.5, 0.6) is 0 Å². The van der Waals surface area contributed by atoms with Gasteiger partial charge in [-0.05, 0) is 43.4 Å². The lowest BCUT2D eigenvalue weighted by Gasteiger charge is -2.13. The zero-order chi connectivity index (χ0) is 15.4. The highest BCUT2D eigenvalue weighted by atomic mass is 16.1. The molecule has 0 radical (unpaired) electrons. The predicted octanol–water partition coefficient (Wildman–Crippen LogP) is 3.72. The van der Waals surface area contributed by atoms with Crippen molar-refractivity contribution in [2.45, 2.75) is 46.5 Å². The summed E-state index contributed by atoms with van der Waals surface area (Å²) < 4.78 is 0. The molecule has 2 N–H and O–H groups in total. The van der Waals surface area contributed by atoms with E-state index in [1.807, 2.05) is 32.0 Å². The summed E-state index contributed by atoms with van der Waals surface area (Å²) in [7, 11) is 0. The highest BCUT2D eigenvalue weighted by Crippen LogP contribution is 2.24. The number of aromatic nitrogens is 2. The third-order valence-corrected chi connectivity index (χ3v) is 3.74. The molecule has 4 nitrogen and oxygen atoms in total. The minimum Gasteiger partial charge on any atom is -0.326 e. The molecule has 0 bridgehead atoms. The van der Waals surface area contributed by atoms with Crippen LogP contribution in [-0.4, -0.2) is 16.1 Å². The van der Waals surface area contributed by atoms with Gasteiger partial charge in [-0.25, -0.2) is 0 Å². The van der Waals surface area contributed by atoms with Crippen LogP contribution >= 0.6 is 0 Å². The zero-order valence-corrected chi connectivity index (χ0v) is 13.2. The van der Waals surface area contributed by atoms with Gasteiger partial charge in [-0.2, -0.15) is 5.10 Å². The van der Waals surface area contributed by atoms with Crippen LogP contribution in [0.4, 0.5) is 5.69 Å². The fourth-order valence-electron chi connectivity index (χ4n) is 2.51. The van der Waals surface area contributed by atoms with Crippen LogP contribution in [0.2, 0.25) is 0 Å². The van der Waals surface area contributed by atoms with E-state index >= 15 is 0 Å². The summed E-state index contributed by atoms with van der Waals surface area (Å²) in [6.07, 6.45) is 1.18. The molecule has 2 aromatic rings. The summed E-state index contributed by atoms with van der Waals surface area (Å²) in [6.45, 7) is 8.21. The molecule has 21 heavy (non-hydrogen) atoms. The number of rotatable bonds is 5. The molecule has 0 aliphatic carbocycles. The molecule has 0 aliphatic rings. The van der Waals surface area contributed by atoms with Gasteiger partial charge in [0.15, 0.2) is 0 Å². The number of H-pyrrole nitrogens is 1. The van der Waals surface area contributed by atoms with Gasteiger partial charge in [-0.15, -0.1) is 0 Å². The first-order chi connectivity index (χ1) is 9.99. The molecule has 0 unspecified atom stereocenters. The third-order valence-electron chi connectivity index (χ3n) is 3.74. The van der Waals surface area contributed by atoms with Gasteiger partial charge in [0.2, 0.25) is 5.91 Å². The Bertz CT molecular complexity index is 609. The number of aromatic amines is 1. The maximum atomic E-state index is 12.2. The standard InChI is InChI=1S/C17H23N3O/c1-11(2)14-7-5-6-8-16(14)18-17(21)10-9-15-12(3)19-20-13(15)4/h5-8,11H,9-10H2,1-4H3,(H,18,21)(H,19,20). The molecule has 0 atom stereocenters. The number of aryl methyl sites for hydroxylation is 2. The number of anilines is 1. The number of hydrogen-bond donors (Lipinski definition) is 2. The average Bonchev–Trinajstić information content (AvgIpc) is 2.76. The third kappa shape index (κ3) is 3.72. The van der Waals surface area contributed by atoms with Gasteiger partial charge >= 0.3 is 0 Å². The van der Waals surface area contributed by atoms with Crippen molar-refractivity contribution < 1.29 is 4.79 Å². The molecule has 0 aliphatic heterocycles. The summed E-state index contributed by atoms with van der Waals surface area (Å²) in [4.78, 5) is 12.2. The number of amides is 1. The van der Waals surface area contributed by atoms with Gasteiger partial charge in [0.1, 0.15) is 0 Å². The number of nitrogens with one attached hydrogen (secondary N) is 2. The van der Waals surface area contributed by atoms with Crippen molar-refractivity contribution >= 4 is 11.6 Å². The van der Waals surface area contributed by atoms with Crippen molar-refractivity contribution in [3.05, 3.63) is 46.8 Å². The van der Waals surface area contributed by atoms with Crippen molar-refractivity contribution in [1.29, 1.82) is 0 Å². The smallest absolute Gasteiger partial charge is 0.224 e. The van der Waals surface area contributed by atoms with Crippen molar-refractivity contribution in [3.8, 4) is 0 Å². The Morgan fingerprint density at radius 2 is 2.00 bits per heavy atom. The highest BCUT2D eigenvalue weighted by Gasteiger charge is 2.11. The van der Waals surface area contributed by atoms with E-state index in [1.165, 1.54) is 5.56 Å². The molecule has 4 heteroatoms. The van der Waals surface area contributed by atoms with Crippen LogP contribution in [0.25, 0.3) is 0 Å². The second-order valence-corrected chi connectivity index (χ2v) is 5.70. The molecule has 1 amide bonds. The van der Waals surface area contributed by atoms with Gasteiger partial charge in [-0.3, -0.25) is 9.89 Å². The van der Waals surface area contributed by atoms with Gasteiger partial charge < -0.3 is 5.32 Å². The van der Waals surface area contributed by atoms with E-state index in [9.17, 15) is 4.79 Å². The second-order valence-electron chi connectivity index (χ2n) is 5.70. The van der Waals surface area contributed by atoms with Crippen molar-refractivity contribution in [2.75, 3.05) is 5.32 Å². The molecule has 1 aromatic carbocycles. The van der Waals surface area contributed by atoms with Gasteiger partial charge in [0, 0.05) is 17.8 Å². The fraction of sp³-hybridized carbons (Fsp3) is 0.412. The highest BCUT2D eigenvalue weighted by molar-refractivity contribution is 5.91. The van der Waals surface area contributed by atoms with Crippen molar-refractivity contribution in [3.63, 3.8) is 0 Å². The summed E-state index contributed by atoms with van der Waals surface area (Å²) >= 11 is 0. The Kier molecular flexibility index (Phi) is 4.78. The number of benzene rings is 1. The normalized spacial score (nSPS) is 10.9. The molecule has 112 valence electrons. The summed E-state index contributed by atoms with van der Waals surface area (Å²) in [5, 5.41) is 10.1. The van der Waals surface area contributed by atoms with E-state index < -0.39 is 0 Å². The number of para-hydroxylation sites is 1. The predicted molar refractivity (Wildman–Crippen MR) is 85.5 cm³/mol. The second kappa shape index (κ2) is 6.57. The summed E-state index contributed by atoms with van der Waals surface area (Å²) in [5.41, 5.74) is 5.24. The largest absolute Gasteiger partial charge is 0.326 e. The first-order valence-corrected chi connectivity index (χ1v) is 7.38. The van der Waals surface area contributed by atoms with Crippen LogP contribution in [0.1, 0.15) is 48.7 Å². The van der Waals surface area contributed by atoms with E-state index in [0.717, 1.165) is 22.6 Å². The van der Waals surface area contributed by atoms with Crippen LogP contribution in [0.15, 0.2) is 24.3 Å². The lowest BCUT2D eigenvalue weighted by molar-refractivity contribution is -0.116. The first-order valence-electron chi connectivity index (χ1n) is 7.38. The van der Waals surface area contributed by atoms with Crippen LogP contribution in [0.3, 0.4) is 0 Å². The van der Waals surface area contributed by atoms with Gasteiger partial charge in [0.25, 0.3) is 0 Å². The molecule has 2 rings (SSSR count). The van der Waals surface area contributed by atoms with E-state index in [4.69, 9.17) is 0 Å². The SMILES string of the molecule is Cc1n[nH]c(C)c1CCC(=O)Nc1ccccc1C(C)C. The molecule has 0 saturated carbocycles.